The van der Waals surface area contributed by atoms with Gasteiger partial charge in [-0.25, -0.2) is 0 Å². The van der Waals surface area contributed by atoms with Crippen molar-refractivity contribution in [2.75, 3.05) is 49.6 Å². The Morgan fingerprint density at radius 1 is 1.24 bits per heavy atom. The number of para-hydroxylation sites is 2. The Balaban J connectivity index is 1.73. The Hall–Kier alpha value is -1.59. The number of carbonyl (C=O) groups is 1. The fourth-order valence-electron chi connectivity index (χ4n) is 2.96. The van der Waals surface area contributed by atoms with Crippen molar-refractivity contribution in [1.29, 1.82) is 0 Å². The highest BCUT2D eigenvalue weighted by Gasteiger charge is 2.31. The van der Waals surface area contributed by atoms with Gasteiger partial charge in [-0.15, -0.1) is 0 Å². The molecule has 1 atom stereocenters. The highest BCUT2D eigenvalue weighted by molar-refractivity contribution is 6.04. The number of fused-ring (bicyclic) bond motifs is 1. The van der Waals surface area contributed by atoms with E-state index in [0.29, 0.717) is 0 Å². The minimum Gasteiger partial charge on any atom is -0.379 e. The number of benzene rings is 1. The van der Waals surface area contributed by atoms with Gasteiger partial charge in [-0.3, -0.25) is 9.69 Å². The molecule has 3 rings (SSSR count). The molecule has 1 saturated heterocycles. The van der Waals surface area contributed by atoms with Crippen LogP contribution in [0.15, 0.2) is 24.3 Å². The van der Waals surface area contributed by atoms with E-state index in [-0.39, 0.29) is 11.9 Å². The largest absolute Gasteiger partial charge is 0.379 e. The maximum Gasteiger partial charge on any atom is 0.249 e. The molecule has 0 radical (unpaired) electrons. The normalized spacial score (nSPS) is 22.8. The average Bonchev–Trinajstić information content (AvgIpc) is 2.54. The Morgan fingerprint density at radius 2 is 2.00 bits per heavy atom. The molecule has 1 fully saturated rings. The number of rotatable bonds is 4. The van der Waals surface area contributed by atoms with Crippen molar-refractivity contribution in [3.63, 3.8) is 0 Å². The minimum atomic E-state index is -0.107. The van der Waals surface area contributed by atoms with Crippen LogP contribution in [0.3, 0.4) is 0 Å². The summed E-state index contributed by atoms with van der Waals surface area (Å²) in [6.07, 6.45) is 0.807. The van der Waals surface area contributed by atoms with Crippen LogP contribution in [-0.4, -0.2) is 56.2 Å². The van der Waals surface area contributed by atoms with Gasteiger partial charge in [0, 0.05) is 26.2 Å². The third kappa shape index (κ3) is 3.04. The van der Waals surface area contributed by atoms with Crippen LogP contribution in [0.1, 0.15) is 13.3 Å². The summed E-state index contributed by atoms with van der Waals surface area (Å²) in [7, 11) is 0. The van der Waals surface area contributed by atoms with E-state index in [9.17, 15) is 4.79 Å². The highest BCUT2D eigenvalue weighted by atomic mass is 16.5. The molecule has 0 spiro atoms. The highest BCUT2D eigenvalue weighted by Crippen LogP contribution is 2.31. The summed E-state index contributed by atoms with van der Waals surface area (Å²) in [5.74, 6) is 0.185. The van der Waals surface area contributed by atoms with Crippen molar-refractivity contribution in [3.8, 4) is 0 Å². The molecule has 1 aromatic rings. The lowest BCUT2D eigenvalue weighted by Gasteiger charge is -2.36. The van der Waals surface area contributed by atoms with Crippen molar-refractivity contribution in [1.82, 2.24) is 4.90 Å². The quantitative estimate of drug-likeness (QED) is 0.913. The predicted molar refractivity (Wildman–Crippen MR) is 83.8 cm³/mol. The number of nitrogens with one attached hydrogen (secondary N) is 1. The van der Waals surface area contributed by atoms with E-state index in [1.807, 2.05) is 36.1 Å². The zero-order chi connectivity index (χ0) is 14.7. The number of carbonyl (C=O) groups excluding carboxylic acids is 1. The van der Waals surface area contributed by atoms with Gasteiger partial charge in [-0.2, -0.15) is 0 Å². The van der Waals surface area contributed by atoms with Crippen molar-refractivity contribution < 1.29 is 9.53 Å². The molecule has 0 aliphatic carbocycles. The van der Waals surface area contributed by atoms with E-state index in [2.05, 4.69) is 10.2 Å². The molecule has 1 amide bonds. The zero-order valence-corrected chi connectivity index (χ0v) is 12.5. The topological polar surface area (TPSA) is 44.8 Å². The van der Waals surface area contributed by atoms with Crippen LogP contribution in [0.2, 0.25) is 0 Å². The standard InChI is InChI=1S/C16H23N3O2/c1-2-13-16(20)19(8-7-18-9-11-21-12-10-18)15-6-4-3-5-14(15)17-13/h3-6,13,17H,2,7-12H2,1H3. The summed E-state index contributed by atoms with van der Waals surface area (Å²) in [6, 6.07) is 7.96. The van der Waals surface area contributed by atoms with Gasteiger partial charge in [-0.1, -0.05) is 19.1 Å². The smallest absolute Gasteiger partial charge is 0.249 e. The van der Waals surface area contributed by atoms with Crippen molar-refractivity contribution in [2.45, 2.75) is 19.4 Å². The summed E-state index contributed by atoms with van der Waals surface area (Å²) in [5, 5.41) is 3.34. The molecule has 1 N–H and O–H groups in total. The van der Waals surface area contributed by atoms with Crippen LogP contribution in [0.4, 0.5) is 11.4 Å². The predicted octanol–water partition coefficient (Wildman–Crippen LogP) is 1.56. The fraction of sp³-hybridized carbons (Fsp3) is 0.562. The summed E-state index contributed by atoms with van der Waals surface area (Å²) < 4.78 is 5.37. The summed E-state index contributed by atoms with van der Waals surface area (Å²) in [4.78, 5) is 16.9. The number of nitrogens with zero attached hydrogens (tertiary/aromatic N) is 2. The third-order valence-electron chi connectivity index (χ3n) is 4.24. The first kappa shape index (κ1) is 14.4. The van der Waals surface area contributed by atoms with Gasteiger partial charge >= 0.3 is 0 Å². The monoisotopic (exact) mass is 289 g/mol. The second-order valence-corrected chi connectivity index (χ2v) is 5.57. The van der Waals surface area contributed by atoms with E-state index in [1.54, 1.807) is 0 Å². The Morgan fingerprint density at radius 3 is 2.76 bits per heavy atom. The maximum atomic E-state index is 12.6. The third-order valence-corrected chi connectivity index (χ3v) is 4.24. The van der Waals surface area contributed by atoms with E-state index in [0.717, 1.165) is 57.2 Å². The van der Waals surface area contributed by atoms with Gasteiger partial charge in [0.1, 0.15) is 6.04 Å². The Labute approximate surface area is 125 Å². The molecule has 0 saturated carbocycles. The average molecular weight is 289 g/mol. The lowest BCUT2D eigenvalue weighted by atomic mass is 10.1. The number of hydrogen-bond acceptors (Lipinski definition) is 4. The number of morpholine rings is 1. The molecule has 0 aromatic heterocycles. The first-order valence-corrected chi connectivity index (χ1v) is 7.76. The first-order chi connectivity index (χ1) is 10.3. The number of amides is 1. The van der Waals surface area contributed by atoms with Gasteiger partial charge in [0.15, 0.2) is 0 Å². The number of ether oxygens (including phenoxy) is 1. The molecule has 5 nitrogen and oxygen atoms in total. The minimum absolute atomic E-state index is 0.107. The van der Waals surface area contributed by atoms with Crippen LogP contribution >= 0.6 is 0 Å². The van der Waals surface area contributed by atoms with Gasteiger partial charge in [0.2, 0.25) is 5.91 Å². The molecule has 1 aromatic carbocycles. The van der Waals surface area contributed by atoms with Crippen LogP contribution in [0, 0.1) is 0 Å². The Bertz CT molecular complexity index is 500. The summed E-state index contributed by atoms with van der Waals surface area (Å²) in [6.45, 7) is 7.20. The van der Waals surface area contributed by atoms with E-state index in [4.69, 9.17) is 4.74 Å². The van der Waals surface area contributed by atoms with Crippen LogP contribution in [-0.2, 0) is 9.53 Å². The lowest BCUT2D eigenvalue weighted by Crippen LogP contribution is -2.50. The molecular formula is C16H23N3O2. The van der Waals surface area contributed by atoms with Crippen LogP contribution < -0.4 is 10.2 Å². The number of hydrogen-bond donors (Lipinski definition) is 1. The first-order valence-electron chi connectivity index (χ1n) is 7.76. The summed E-state index contributed by atoms with van der Waals surface area (Å²) in [5.41, 5.74) is 2.06. The van der Waals surface area contributed by atoms with Crippen molar-refractivity contribution in [3.05, 3.63) is 24.3 Å². The van der Waals surface area contributed by atoms with Gasteiger partial charge in [0.25, 0.3) is 0 Å². The van der Waals surface area contributed by atoms with Crippen LogP contribution in [0.5, 0.6) is 0 Å². The van der Waals surface area contributed by atoms with Crippen molar-refractivity contribution in [2.24, 2.45) is 0 Å². The second-order valence-electron chi connectivity index (χ2n) is 5.57. The summed E-state index contributed by atoms with van der Waals surface area (Å²) >= 11 is 0. The maximum absolute atomic E-state index is 12.6. The molecule has 5 heteroatoms. The van der Waals surface area contributed by atoms with Crippen LogP contribution in [0.25, 0.3) is 0 Å². The lowest BCUT2D eigenvalue weighted by molar-refractivity contribution is -0.119. The van der Waals surface area contributed by atoms with Crippen molar-refractivity contribution >= 4 is 17.3 Å². The zero-order valence-electron chi connectivity index (χ0n) is 12.5. The van der Waals surface area contributed by atoms with Gasteiger partial charge < -0.3 is 15.0 Å². The number of anilines is 2. The fourth-order valence-corrected chi connectivity index (χ4v) is 2.96. The molecule has 114 valence electrons. The molecule has 2 aliphatic heterocycles. The van der Waals surface area contributed by atoms with Gasteiger partial charge in [0.05, 0.1) is 24.6 Å². The molecule has 0 bridgehead atoms. The van der Waals surface area contributed by atoms with E-state index >= 15 is 0 Å². The second kappa shape index (κ2) is 6.45. The molecule has 2 heterocycles. The molecular weight excluding hydrogens is 266 g/mol. The van der Waals surface area contributed by atoms with E-state index in [1.165, 1.54) is 0 Å². The van der Waals surface area contributed by atoms with E-state index < -0.39 is 0 Å². The molecule has 2 aliphatic rings. The van der Waals surface area contributed by atoms with Gasteiger partial charge in [-0.05, 0) is 18.6 Å². The molecule has 1 unspecified atom stereocenters. The Kier molecular flexibility index (Phi) is 4.41. The molecule has 21 heavy (non-hydrogen) atoms. The SMILES string of the molecule is CCC1Nc2ccccc2N(CCN2CCOCC2)C1=O.